The number of hydrogen-bond acceptors (Lipinski definition) is 5. The van der Waals surface area contributed by atoms with Crippen molar-refractivity contribution in [1.29, 1.82) is 0 Å². The fourth-order valence-corrected chi connectivity index (χ4v) is 3.15. The van der Waals surface area contributed by atoms with E-state index in [1.165, 1.54) is 5.69 Å². The van der Waals surface area contributed by atoms with Gasteiger partial charge in [-0.15, -0.1) is 0 Å². The molecular formula is C20H26N4O2. The standard InChI is InChI=1S/C20H26N4O2/c1-4-26-20-17(6-5-9-21-20)19(25)22-16-7-8-18(15(2)14-16)24-12-10-23(3)11-13-24/h5-9,14H,4,10-13H2,1-3H3,(H,22,25). The maximum Gasteiger partial charge on any atom is 0.261 e. The third-order valence-electron chi connectivity index (χ3n) is 4.60. The molecule has 3 rings (SSSR count). The zero-order valence-corrected chi connectivity index (χ0v) is 15.7. The van der Waals surface area contributed by atoms with E-state index in [1.54, 1.807) is 18.3 Å². The van der Waals surface area contributed by atoms with Crippen molar-refractivity contribution >= 4 is 17.3 Å². The average Bonchev–Trinajstić information content (AvgIpc) is 2.63. The number of benzene rings is 1. The Kier molecular flexibility index (Phi) is 5.73. The number of aromatic nitrogens is 1. The van der Waals surface area contributed by atoms with Crippen molar-refractivity contribution in [2.45, 2.75) is 13.8 Å². The Morgan fingerprint density at radius 3 is 2.69 bits per heavy atom. The molecule has 1 fully saturated rings. The molecule has 1 aliphatic heterocycles. The number of anilines is 2. The fraction of sp³-hybridized carbons (Fsp3) is 0.400. The van der Waals surface area contributed by atoms with Crippen molar-refractivity contribution in [3.8, 4) is 5.88 Å². The van der Waals surface area contributed by atoms with E-state index in [0.29, 0.717) is 18.1 Å². The van der Waals surface area contributed by atoms with Gasteiger partial charge in [0.05, 0.1) is 6.61 Å². The van der Waals surface area contributed by atoms with Gasteiger partial charge in [-0.25, -0.2) is 4.98 Å². The molecule has 1 aliphatic rings. The number of nitrogens with one attached hydrogen (secondary N) is 1. The normalized spacial score (nSPS) is 15.0. The number of likely N-dealkylation sites (N-methyl/N-ethyl adjacent to an activating group) is 1. The van der Waals surface area contributed by atoms with Crippen LogP contribution in [0, 0.1) is 6.92 Å². The minimum Gasteiger partial charge on any atom is -0.477 e. The monoisotopic (exact) mass is 354 g/mol. The lowest BCUT2D eigenvalue weighted by atomic mass is 10.1. The van der Waals surface area contributed by atoms with E-state index in [1.807, 2.05) is 19.1 Å². The molecule has 1 aromatic carbocycles. The number of rotatable bonds is 5. The fourth-order valence-electron chi connectivity index (χ4n) is 3.15. The van der Waals surface area contributed by atoms with E-state index >= 15 is 0 Å². The van der Waals surface area contributed by atoms with E-state index in [9.17, 15) is 4.79 Å². The first kappa shape index (κ1) is 18.2. The van der Waals surface area contributed by atoms with Gasteiger partial charge < -0.3 is 19.9 Å². The molecule has 0 spiro atoms. The van der Waals surface area contributed by atoms with Crippen molar-refractivity contribution in [2.24, 2.45) is 0 Å². The van der Waals surface area contributed by atoms with Crippen molar-refractivity contribution in [1.82, 2.24) is 9.88 Å². The Morgan fingerprint density at radius 2 is 2.00 bits per heavy atom. The van der Waals surface area contributed by atoms with Gasteiger partial charge in [-0.3, -0.25) is 4.79 Å². The average molecular weight is 354 g/mol. The summed E-state index contributed by atoms with van der Waals surface area (Å²) >= 11 is 0. The van der Waals surface area contributed by atoms with Gasteiger partial charge in [0.2, 0.25) is 5.88 Å². The predicted octanol–water partition coefficient (Wildman–Crippen LogP) is 2.79. The Bertz CT molecular complexity index is 770. The van der Waals surface area contributed by atoms with Crippen molar-refractivity contribution in [3.05, 3.63) is 47.7 Å². The molecule has 2 aromatic rings. The summed E-state index contributed by atoms with van der Waals surface area (Å²) in [6.45, 7) is 8.61. The van der Waals surface area contributed by atoms with Gasteiger partial charge in [-0.1, -0.05) is 0 Å². The molecule has 26 heavy (non-hydrogen) atoms. The summed E-state index contributed by atoms with van der Waals surface area (Å²) in [5.74, 6) is 0.145. The van der Waals surface area contributed by atoms with Crippen LogP contribution in [0.5, 0.6) is 5.88 Å². The van der Waals surface area contributed by atoms with Crippen molar-refractivity contribution in [2.75, 3.05) is 50.1 Å². The van der Waals surface area contributed by atoms with E-state index in [0.717, 1.165) is 37.4 Å². The van der Waals surface area contributed by atoms with Crippen LogP contribution in [0.25, 0.3) is 0 Å². The second kappa shape index (κ2) is 8.19. The van der Waals surface area contributed by atoms with Crippen LogP contribution in [0.15, 0.2) is 36.5 Å². The van der Waals surface area contributed by atoms with Crippen LogP contribution in [0.1, 0.15) is 22.8 Å². The summed E-state index contributed by atoms with van der Waals surface area (Å²) in [6, 6.07) is 9.51. The van der Waals surface area contributed by atoms with Gasteiger partial charge in [-0.2, -0.15) is 0 Å². The highest BCUT2D eigenvalue weighted by molar-refractivity contribution is 6.05. The Hall–Kier alpha value is -2.60. The number of ether oxygens (including phenoxy) is 1. The lowest BCUT2D eigenvalue weighted by Crippen LogP contribution is -2.44. The number of nitrogens with zero attached hydrogens (tertiary/aromatic N) is 3. The third kappa shape index (κ3) is 4.14. The minimum atomic E-state index is -0.215. The number of piperazine rings is 1. The van der Waals surface area contributed by atoms with E-state index < -0.39 is 0 Å². The number of carbonyl (C=O) groups is 1. The van der Waals surface area contributed by atoms with E-state index in [-0.39, 0.29) is 5.91 Å². The molecule has 0 aliphatic carbocycles. The Labute approximate surface area is 154 Å². The Morgan fingerprint density at radius 1 is 1.23 bits per heavy atom. The summed E-state index contributed by atoms with van der Waals surface area (Å²) in [7, 11) is 2.15. The van der Waals surface area contributed by atoms with Crippen molar-refractivity contribution in [3.63, 3.8) is 0 Å². The molecule has 0 bridgehead atoms. The maximum atomic E-state index is 12.6. The highest BCUT2D eigenvalue weighted by Crippen LogP contribution is 2.25. The van der Waals surface area contributed by atoms with Gasteiger partial charge in [0.1, 0.15) is 5.56 Å². The molecular weight excluding hydrogens is 328 g/mol. The largest absolute Gasteiger partial charge is 0.477 e. The maximum absolute atomic E-state index is 12.6. The van der Waals surface area contributed by atoms with Crippen LogP contribution < -0.4 is 15.0 Å². The number of aryl methyl sites for hydroxylation is 1. The first-order chi connectivity index (χ1) is 12.6. The van der Waals surface area contributed by atoms with Gasteiger partial charge >= 0.3 is 0 Å². The first-order valence-corrected chi connectivity index (χ1v) is 9.01. The van der Waals surface area contributed by atoms with Crippen LogP contribution >= 0.6 is 0 Å². The molecule has 6 heteroatoms. The van der Waals surface area contributed by atoms with E-state index in [2.05, 4.69) is 40.1 Å². The quantitative estimate of drug-likeness (QED) is 0.895. The number of hydrogen-bond donors (Lipinski definition) is 1. The molecule has 138 valence electrons. The van der Waals surface area contributed by atoms with Crippen LogP contribution in [-0.4, -0.2) is 55.6 Å². The summed E-state index contributed by atoms with van der Waals surface area (Å²) in [4.78, 5) is 21.5. The van der Waals surface area contributed by atoms with Gasteiger partial charge in [-0.05, 0) is 56.8 Å². The Balaban J connectivity index is 1.73. The topological polar surface area (TPSA) is 57.7 Å². The molecule has 1 N–H and O–H groups in total. The van der Waals surface area contributed by atoms with Gasteiger partial charge in [0, 0.05) is 43.8 Å². The van der Waals surface area contributed by atoms with Crippen LogP contribution in [0.2, 0.25) is 0 Å². The highest BCUT2D eigenvalue weighted by atomic mass is 16.5. The second-order valence-corrected chi connectivity index (χ2v) is 6.53. The van der Waals surface area contributed by atoms with E-state index in [4.69, 9.17) is 4.74 Å². The highest BCUT2D eigenvalue weighted by Gasteiger charge is 2.17. The summed E-state index contributed by atoms with van der Waals surface area (Å²) in [6.07, 6.45) is 1.62. The molecule has 1 aromatic heterocycles. The SMILES string of the molecule is CCOc1ncccc1C(=O)Nc1ccc(N2CCN(C)CC2)c(C)c1. The van der Waals surface area contributed by atoms with Crippen LogP contribution in [0.4, 0.5) is 11.4 Å². The summed E-state index contributed by atoms with van der Waals surface area (Å²) in [5.41, 5.74) is 3.60. The second-order valence-electron chi connectivity index (χ2n) is 6.53. The lowest BCUT2D eigenvalue weighted by molar-refractivity contribution is 0.102. The van der Waals surface area contributed by atoms with Crippen molar-refractivity contribution < 1.29 is 9.53 Å². The molecule has 1 saturated heterocycles. The summed E-state index contributed by atoms with van der Waals surface area (Å²) in [5, 5.41) is 2.95. The number of carbonyl (C=O) groups excluding carboxylic acids is 1. The molecule has 2 heterocycles. The first-order valence-electron chi connectivity index (χ1n) is 9.01. The molecule has 0 unspecified atom stereocenters. The molecule has 0 radical (unpaired) electrons. The van der Waals surface area contributed by atoms with Crippen LogP contribution in [-0.2, 0) is 0 Å². The smallest absolute Gasteiger partial charge is 0.261 e. The third-order valence-corrected chi connectivity index (χ3v) is 4.60. The predicted molar refractivity (Wildman–Crippen MR) is 104 cm³/mol. The zero-order valence-electron chi connectivity index (χ0n) is 15.7. The van der Waals surface area contributed by atoms with Gasteiger partial charge in [0.25, 0.3) is 5.91 Å². The van der Waals surface area contributed by atoms with Gasteiger partial charge in [0.15, 0.2) is 0 Å². The number of pyridine rings is 1. The molecule has 6 nitrogen and oxygen atoms in total. The zero-order chi connectivity index (χ0) is 18.5. The minimum absolute atomic E-state index is 0.215. The summed E-state index contributed by atoms with van der Waals surface area (Å²) < 4.78 is 5.44. The molecule has 0 atom stereocenters. The number of amides is 1. The lowest BCUT2D eigenvalue weighted by Gasteiger charge is -2.35. The van der Waals surface area contributed by atoms with Crippen LogP contribution in [0.3, 0.4) is 0 Å². The molecule has 1 amide bonds. The molecule has 0 saturated carbocycles.